The van der Waals surface area contributed by atoms with Gasteiger partial charge in [-0.3, -0.25) is 14.4 Å². The fraction of sp³-hybridized carbons (Fsp3) is 0.591. The number of esters is 1. The van der Waals surface area contributed by atoms with Gasteiger partial charge in [0, 0.05) is 24.7 Å². The Morgan fingerprint density at radius 2 is 1.89 bits per heavy atom. The van der Waals surface area contributed by atoms with Gasteiger partial charge in [-0.25, -0.2) is 0 Å². The highest BCUT2D eigenvalue weighted by molar-refractivity contribution is 5.99. The van der Waals surface area contributed by atoms with E-state index >= 15 is 0 Å². The summed E-state index contributed by atoms with van der Waals surface area (Å²) in [5, 5.41) is 2.98. The third-order valence-electron chi connectivity index (χ3n) is 5.92. The number of benzene rings is 1. The van der Waals surface area contributed by atoms with Gasteiger partial charge in [-0.2, -0.15) is 0 Å². The van der Waals surface area contributed by atoms with E-state index in [2.05, 4.69) is 19.2 Å². The lowest BCUT2D eigenvalue weighted by atomic mass is 9.86. The van der Waals surface area contributed by atoms with E-state index in [0.29, 0.717) is 12.5 Å². The van der Waals surface area contributed by atoms with Gasteiger partial charge in [0.25, 0.3) is 5.91 Å². The first-order valence-electron chi connectivity index (χ1n) is 10.3. The summed E-state index contributed by atoms with van der Waals surface area (Å²) >= 11 is 0. The average Bonchev–Trinajstić information content (AvgIpc) is 3.10. The molecule has 1 saturated heterocycles. The number of anilines is 1. The Balaban J connectivity index is 1.48. The summed E-state index contributed by atoms with van der Waals surface area (Å²) in [4.78, 5) is 38.4. The normalized spacial score (nSPS) is 24.9. The summed E-state index contributed by atoms with van der Waals surface area (Å²) in [7, 11) is 0. The molecule has 152 valence electrons. The summed E-state index contributed by atoms with van der Waals surface area (Å²) in [5.41, 5.74) is 1.99. The molecule has 2 amide bonds. The van der Waals surface area contributed by atoms with Crippen LogP contribution in [0.15, 0.2) is 24.3 Å². The summed E-state index contributed by atoms with van der Waals surface area (Å²) in [5.74, 6) is -0.906. The van der Waals surface area contributed by atoms with Crippen molar-refractivity contribution in [2.24, 2.45) is 11.8 Å². The topological polar surface area (TPSA) is 75.7 Å². The fourth-order valence-corrected chi connectivity index (χ4v) is 4.06. The van der Waals surface area contributed by atoms with Crippen LogP contribution in [0.3, 0.4) is 0 Å². The first-order chi connectivity index (χ1) is 13.5. The quantitative estimate of drug-likeness (QED) is 0.763. The van der Waals surface area contributed by atoms with Crippen LogP contribution in [0.5, 0.6) is 0 Å². The van der Waals surface area contributed by atoms with Crippen LogP contribution in [-0.2, 0) is 25.5 Å². The predicted molar refractivity (Wildman–Crippen MR) is 107 cm³/mol. The lowest BCUT2D eigenvalue weighted by Crippen LogP contribution is -2.43. The van der Waals surface area contributed by atoms with Gasteiger partial charge in [0.15, 0.2) is 6.61 Å². The molecule has 1 aliphatic heterocycles. The first-order valence-corrected chi connectivity index (χ1v) is 10.3. The lowest BCUT2D eigenvalue weighted by molar-refractivity contribution is -0.152. The van der Waals surface area contributed by atoms with Crippen molar-refractivity contribution >= 4 is 23.5 Å². The minimum absolute atomic E-state index is 0.0910. The monoisotopic (exact) mass is 386 g/mol. The van der Waals surface area contributed by atoms with Gasteiger partial charge < -0.3 is 15.0 Å². The third kappa shape index (κ3) is 4.91. The molecule has 0 aromatic heterocycles. The number of rotatable bonds is 6. The highest BCUT2D eigenvalue weighted by atomic mass is 16.5. The van der Waals surface area contributed by atoms with E-state index in [-0.39, 0.29) is 30.9 Å². The number of hydrogen-bond acceptors (Lipinski definition) is 4. The highest BCUT2D eigenvalue weighted by Gasteiger charge is 2.36. The van der Waals surface area contributed by atoms with Crippen LogP contribution in [0.4, 0.5) is 5.69 Å². The van der Waals surface area contributed by atoms with Crippen molar-refractivity contribution in [1.82, 2.24) is 5.32 Å². The van der Waals surface area contributed by atoms with E-state index < -0.39 is 11.9 Å². The van der Waals surface area contributed by atoms with Crippen LogP contribution >= 0.6 is 0 Å². The lowest BCUT2D eigenvalue weighted by Gasteiger charge is -2.29. The molecule has 0 radical (unpaired) electrons. The Morgan fingerprint density at radius 3 is 2.57 bits per heavy atom. The number of aryl methyl sites for hydroxylation is 1. The van der Waals surface area contributed by atoms with Gasteiger partial charge in [0.2, 0.25) is 5.91 Å². The Labute approximate surface area is 166 Å². The molecular weight excluding hydrogens is 356 g/mol. The second-order valence-electron chi connectivity index (χ2n) is 7.97. The zero-order valence-electron chi connectivity index (χ0n) is 16.8. The molecule has 0 spiro atoms. The molecule has 28 heavy (non-hydrogen) atoms. The van der Waals surface area contributed by atoms with E-state index in [1.165, 1.54) is 12.0 Å². The Morgan fingerprint density at radius 1 is 1.18 bits per heavy atom. The Hall–Kier alpha value is -2.37. The third-order valence-corrected chi connectivity index (χ3v) is 5.92. The minimum atomic E-state index is -0.528. The van der Waals surface area contributed by atoms with Crippen LogP contribution in [0, 0.1) is 11.8 Å². The summed E-state index contributed by atoms with van der Waals surface area (Å²) in [6, 6.07) is 7.96. The molecule has 0 bridgehead atoms. The van der Waals surface area contributed by atoms with E-state index in [1.54, 1.807) is 4.90 Å². The number of carbonyl (C=O) groups is 3. The first kappa shape index (κ1) is 20.4. The van der Waals surface area contributed by atoms with E-state index in [4.69, 9.17) is 4.74 Å². The van der Waals surface area contributed by atoms with Crippen molar-refractivity contribution < 1.29 is 19.1 Å². The molecule has 3 atom stereocenters. The molecule has 2 aliphatic rings. The van der Waals surface area contributed by atoms with Crippen molar-refractivity contribution in [2.45, 2.75) is 58.4 Å². The SMILES string of the molecule is CCc1ccc(N2C[C@@H](C(=O)OCC(=O)N[C@H]3CCCC[C@@H]3C)CC2=O)cc1. The maximum atomic E-state index is 12.3. The molecule has 1 N–H and O–H groups in total. The van der Waals surface area contributed by atoms with Crippen molar-refractivity contribution in [3.05, 3.63) is 29.8 Å². The second-order valence-corrected chi connectivity index (χ2v) is 7.97. The molecule has 1 aliphatic carbocycles. The van der Waals surface area contributed by atoms with Crippen LogP contribution in [0.1, 0.15) is 51.5 Å². The standard InChI is InChI=1S/C22H30N2O4/c1-3-16-8-10-18(11-9-16)24-13-17(12-21(24)26)22(27)28-14-20(25)23-19-7-5-4-6-15(19)2/h8-11,15,17,19H,3-7,12-14H2,1-2H3,(H,23,25)/t15-,17-,19-/m0/s1. The number of hydrogen-bond donors (Lipinski definition) is 1. The van der Waals surface area contributed by atoms with Gasteiger partial charge >= 0.3 is 5.97 Å². The van der Waals surface area contributed by atoms with E-state index in [0.717, 1.165) is 31.4 Å². The number of amides is 2. The van der Waals surface area contributed by atoms with Crippen LogP contribution in [0.25, 0.3) is 0 Å². The average molecular weight is 386 g/mol. The molecule has 0 unspecified atom stereocenters. The number of ether oxygens (including phenoxy) is 1. The summed E-state index contributed by atoms with van der Waals surface area (Å²) in [6.45, 7) is 4.23. The Bertz CT molecular complexity index is 716. The molecule has 6 heteroatoms. The fourth-order valence-electron chi connectivity index (χ4n) is 4.06. The van der Waals surface area contributed by atoms with Gasteiger partial charge in [-0.15, -0.1) is 0 Å². The van der Waals surface area contributed by atoms with Crippen molar-refractivity contribution in [2.75, 3.05) is 18.1 Å². The molecule has 1 saturated carbocycles. The number of nitrogens with one attached hydrogen (secondary N) is 1. The molecule has 1 heterocycles. The van der Waals surface area contributed by atoms with E-state index in [1.807, 2.05) is 24.3 Å². The maximum Gasteiger partial charge on any atom is 0.311 e. The number of carbonyl (C=O) groups excluding carboxylic acids is 3. The second kappa shape index (κ2) is 9.22. The molecule has 1 aromatic rings. The predicted octanol–water partition coefficient (Wildman–Crippen LogP) is 2.84. The summed E-state index contributed by atoms with van der Waals surface area (Å²) in [6.07, 6.45) is 5.47. The van der Waals surface area contributed by atoms with Crippen molar-refractivity contribution in [3.63, 3.8) is 0 Å². The molecule has 6 nitrogen and oxygen atoms in total. The van der Waals surface area contributed by atoms with E-state index in [9.17, 15) is 14.4 Å². The van der Waals surface area contributed by atoms with Gasteiger partial charge in [0.05, 0.1) is 5.92 Å². The zero-order valence-corrected chi connectivity index (χ0v) is 16.8. The van der Waals surface area contributed by atoms with Crippen molar-refractivity contribution in [3.8, 4) is 0 Å². The van der Waals surface area contributed by atoms with Gasteiger partial charge in [0.1, 0.15) is 0 Å². The van der Waals surface area contributed by atoms with Crippen LogP contribution < -0.4 is 10.2 Å². The molecule has 3 rings (SSSR count). The Kier molecular flexibility index (Phi) is 6.70. The van der Waals surface area contributed by atoms with Gasteiger partial charge in [-0.05, 0) is 42.9 Å². The molecule has 1 aromatic carbocycles. The smallest absolute Gasteiger partial charge is 0.311 e. The maximum absolute atomic E-state index is 12.3. The molecule has 2 fully saturated rings. The molecular formula is C22H30N2O4. The minimum Gasteiger partial charge on any atom is -0.455 e. The van der Waals surface area contributed by atoms with Crippen LogP contribution in [-0.4, -0.2) is 37.0 Å². The largest absolute Gasteiger partial charge is 0.455 e. The summed E-state index contributed by atoms with van der Waals surface area (Å²) < 4.78 is 5.20. The zero-order chi connectivity index (χ0) is 20.1. The number of nitrogens with zero attached hydrogens (tertiary/aromatic N) is 1. The van der Waals surface area contributed by atoms with Crippen molar-refractivity contribution in [1.29, 1.82) is 0 Å². The van der Waals surface area contributed by atoms with Gasteiger partial charge in [-0.1, -0.05) is 38.8 Å². The van der Waals surface area contributed by atoms with Crippen LogP contribution in [0.2, 0.25) is 0 Å². The highest BCUT2D eigenvalue weighted by Crippen LogP contribution is 2.26.